The quantitative estimate of drug-likeness (QED) is 0.474. The van der Waals surface area contributed by atoms with Crippen LogP contribution in [0.25, 0.3) is 0 Å². The maximum absolute atomic E-state index is 4.94. The van der Waals surface area contributed by atoms with Crippen molar-refractivity contribution in [3.8, 4) is 0 Å². The summed E-state index contributed by atoms with van der Waals surface area (Å²) in [6.45, 7) is 2.69. The predicted octanol–water partition coefficient (Wildman–Crippen LogP) is 1.59. The molecule has 0 bridgehead atoms. The zero-order chi connectivity index (χ0) is 9.52. The van der Waals surface area contributed by atoms with Crippen molar-refractivity contribution in [3.63, 3.8) is 0 Å². The Morgan fingerprint density at radius 1 is 1.77 bits per heavy atom. The lowest BCUT2D eigenvalue weighted by molar-refractivity contribution is 0.199. The highest BCUT2D eigenvalue weighted by Gasteiger charge is 2.07. The number of allylic oxidation sites excluding steroid dienone is 1. The first-order valence-electron chi connectivity index (χ1n) is 4.42. The van der Waals surface area contributed by atoms with Crippen molar-refractivity contribution in [2.24, 2.45) is 10.9 Å². The van der Waals surface area contributed by atoms with Crippen LogP contribution in [-0.4, -0.2) is 33.0 Å². The summed E-state index contributed by atoms with van der Waals surface area (Å²) in [4.78, 5) is 4.26. The van der Waals surface area contributed by atoms with E-state index in [2.05, 4.69) is 39.0 Å². The van der Waals surface area contributed by atoms with E-state index in [-0.39, 0.29) is 0 Å². The average Bonchev–Trinajstić information content (AvgIpc) is 2.15. The number of aliphatic imine (C=N–C) groups is 1. The minimum Gasteiger partial charge on any atom is -0.383 e. The maximum atomic E-state index is 4.94. The van der Waals surface area contributed by atoms with E-state index in [9.17, 15) is 0 Å². The molecule has 1 aliphatic heterocycles. The minimum absolute atomic E-state index is 0.551. The standard InChI is InChI=1S/C9H15IN2O/c1-13-5-4-11-6-8-2-3-9(10)12-7-8/h3,7-8,11H,2,4-6H2,1H3. The summed E-state index contributed by atoms with van der Waals surface area (Å²) in [7, 11) is 1.72. The highest BCUT2D eigenvalue weighted by Crippen LogP contribution is 2.16. The molecular weight excluding hydrogens is 279 g/mol. The number of halogens is 1. The van der Waals surface area contributed by atoms with Crippen LogP contribution in [0.3, 0.4) is 0 Å². The molecule has 1 atom stereocenters. The van der Waals surface area contributed by atoms with Crippen LogP contribution >= 0.6 is 22.6 Å². The van der Waals surface area contributed by atoms with Crippen molar-refractivity contribution < 1.29 is 4.74 Å². The molecule has 13 heavy (non-hydrogen) atoms. The Hall–Kier alpha value is 0.0600. The van der Waals surface area contributed by atoms with Crippen molar-refractivity contribution in [3.05, 3.63) is 9.78 Å². The Morgan fingerprint density at radius 2 is 2.62 bits per heavy atom. The highest BCUT2D eigenvalue weighted by molar-refractivity contribution is 14.1. The van der Waals surface area contributed by atoms with E-state index >= 15 is 0 Å². The Balaban J connectivity index is 2.07. The third-order valence-electron chi connectivity index (χ3n) is 1.89. The summed E-state index contributed by atoms with van der Waals surface area (Å²) in [5.74, 6) is 0.551. The molecule has 0 aromatic heterocycles. The summed E-state index contributed by atoms with van der Waals surface area (Å²) in [6, 6.07) is 0. The fourth-order valence-corrected chi connectivity index (χ4v) is 1.55. The molecule has 0 fully saturated rings. The van der Waals surface area contributed by atoms with Crippen LogP contribution in [0.5, 0.6) is 0 Å². The van der Waals surface area contributed by atoms with Crippen molar-refractivity contribution >= 4 is 28.8 Å². The predicted molar refractivity (Wildman–Crippen MR) is 63.4 cm³/mol. The van der Waals surface area contributed by atoms with Gasteiger partial charge >= 0.3 is 0 Å². The molecule has 1 rings (SSSR count). The maximum Gasteiger partial charge on any atom is 0.0965 e. The van der Waals surface area contributed by atoms with E-state index in [1.54, 1.807) is 7.11 Å². The second-order valence-corrected chi connectivity index (χ2v) is 4.10. The third-order valence-corrected chi connectivity index (χ3v) is 2.61. The van der Waals surface area contributed by atoms with E-state index in [4.69, 9.17) is 4.74 Å². The van der Waals surface area contributed by atoms with Gasteiger partial charge in [-0.25, -0.2) is 0 Å². The first-order chi connectivity index (χ1) is 6.33. The molecule has 1 aliphatic rings. The number of hydrogen-bond donors (Lipinski definition) is 1. The smallest absolute Gasteiger partial charge is 0.0965 e. The Bertz CT molecular complexity index is 204. The zero-order valence-electron chi connectivity index (χ0n) is 7.79. The summed E-state index contributed by atoms with van der Waals surface area (Å²) in [5, 5.41) is 3.32. The van der Waals surface area contributed by atoms with Crippen LogP contribution in [0.4, 0.5) is 0 Å². The van der Waals surface area contributed by atoms with Gasteiger partial charge in [-0.2, -0.15) is 0 Å². The van der Waals surface area contributed by atoms with Crippen LogP contribution in [0.2, 0.25) is 0 Å². The summed E-state index contributed by atoms with van der Waals surface area (Å²) in [6.07, 6.45) is 5.30. The van der Waals surface area contributed by atoms with Gasteiger partial charge in [0.25, 0.3) is 0 Å². The molecule has 0 spiro atoms. The fraction of sp³-hybridized carbons (Fsp3) is 0.667. The van der Waals surface area contributed by atoms with Gasteiger partial charge in [-0.3, -0.25) is 4.99 Å². The van der Waals surface area contributed by atoms with Crippen LogP contribution in [-0.2, 0) is 4.74 Å². The number of hydrogen-bond acceptors (Lipinski definition) is 3. The molecule has 0 aromatic rings. The molecule has 0 amide bonds. The second-order valence-electron chi connectivity index (χ2n) is 3.00. The summed E-state index contributed by atoms with van der Waals surface area (Å²) < 4.78 is 6.04. The largest absolute Gasteiger partial charge is 0.383 e. The normalized spacial score (nSPS) is 21.7. The Kier molecular flexibility index (Phi) is 5.57. The van der Waals surface area contributed by atoms with Crippen molar-refractivity contribution in [1.82, 2.24) is 5.32 Å². The molecule has 0 aromatic carbocycles. The molecule has 0 saturated heterocycles. The Morgan fingerprint density at radius 3 is 3.23 bits per heavy atom. The topological polar surface area (TPSA) is 33.6 Å². The zero-order valence-corrected chi connectivity index (χ0v) is 9.95. The molecule has 1 N–H and O–H groups in total. The SMILES string of the molecule is COCCNCC1C=NC(I)=CC1. The minimum atomic E-state index is 0.551. The van der Waals surface area contributed by atoms with Gasteiger partial charge in [0.2, 0.25) is 0 Å². The van der Waals surface area contributed by atoms with Gasteiger partial charge in [-0.15, -0.1) is 0 Å². The monoisotopic (exact) mass is 294 g/mol. The molecule has 0 radical (unpaired) electrons. The van der Waals surface area contributed by atoms with Gasteiger partial charge in [0, 0.05) is 32.3 Å². The van der Waals surface area contributed by atoms with Gasteiger partial charge in [0.15, 0.2) is 0 Å². The first-order valence-corrected chi connectivity index (χ1v) is 5.50. The molecule has 3 nitrogen and oxygen atoms in total. The first kappa shape index (κ1) is 11.1. The average molecular weight is 294 g/mol. The van der Waals surface area contributed by atoms with Gasteiger partial charge in [0.05, 0.1) is 10.3 Å². The third kappa shape index (κ3) is 4.73. The molecule has 0 saturated carbocycles. The van der Waals surface area contributed by atoms with Gasteiger partial charge in [-0.05, 0) is 29.0 Å². The van der Waals surface area contributed by atoms with Crippen molar-refractivity contribution in [2.45, 2.75) is 6.42 Å². The van der Waals surface area contributed by atoms with Crippen LogP contribution in [0, 0.1) is 5.92 Å². The van der Waals surface area contributed by atoms with Gasteiger partial charge in [0.1, 0.15) is 0 Å². The lowest BCUT2D eigenvalue weighted by atomic mass is 10.1. The molecule has 1 unspecified atom stereocenters. The van der Waals surface area contributed by atoms with Crippen molar-refractivity contribution in [2.75, 3.05) is 26.8 Å². The van der Waals surface area contributed by atoms with Crippen molar-refractivity contribution in [1.29, 1.82) is 0 Å². The number of rotatable bonds is 5. The molecule has 0 aliphatic carbocycles. The second kappa shape index (κ2) is 6.50. The number of ether oxygens (including phenoxy) is 1. The van der Waals surface area contributed by atoms with Gasteiger partial charge in [-0.1, -0.05) is 6.08 Å². The molecule has 74 valence electrons. The number of nitrogens with zero attached hydrogens (tertiary/aromatic N) is 1. The molecule has 1 heterocycles. The van der Waals surface area contributed by atoms with E-state index in [0.29, 0.717) is 5.92 Å². The van der Waals surface area contributed by atoms with Crippen LogP contribution in [0.15, 0.2) is 14.8 Å². The number of nitrogens with one attached hydrogen (secondary N) is 1. The Labute approximate surface area is 92.8 Å². The van der Waals surface area contributed by atoms with Crippen LogP contribution < -0.4 is 5.32 Å². The lowest BCUT2D eigenvalue weighted by Gasteiger charge is -2.13. The molecular formula is C9H15IN2O. The van der Waals surface area contributed by atoms with E-state index < -0.39 is 0 Å². The van der Waals surface area contributed by atoms with E-state index in [1.807, 2.05) is 6.21 Å². The van der Waals surface area contributed by atoms with E-state index in [0.717, 1.165) is 29.8 Å². The van der Waals surface area contributed by atoms with E-state index in [1.165, 1.54) is 0 Å². The van der Waals surface area contributed by atoms with Crippen LogP contribution in [0.1, 0.15) is 6.42 Å². The fourth-order valence-electron chi connectivity index (χ4n) is 1.14. The lowest BCUT2D eigenvalue weighted by Crippen LogP contribution is -2.27. The molecule has 4 heteroatoms. The summed E-state index contributed by atoms with van der Waals surface area (Å²) in [5.41, 5.74) is 0. The number of methoxy groups -OCH3 is 1. The highest BCUT2D eigenvalue weighted by atomic mass is 127. The summed E-state index contributed by atoms with van der Waals surface area (Å²) >= 11 is 2.24. The van der Waals surface area contributed by atoms with Gasteiger partial charge < -0.3 is 10.1 Å².